The second-order valence-corrected chi connectivity index (χ2v) is 5.65. The first-order chi connectivity index (χ1) is 10.2. The van der Waals surface area contributed by atoms with Gasteiger partial charge in [-0.1, -0.05) is 36.9 Å². The average molecular weight is 288 g/mol. The van der Waals surface area contributed by atoms with E-state index in [1.165, 1.54) is 5.56 Å². The average Bonchev–Trinajstić information content (AvgIpc) is 2.53. The molecule has 0 radical (unpaired) electrons. The first kappa shape index (κ1) is 15.7. The van der Waals surface area contributed by atoms with E-state index in [0.717, 1.165) is 38.0 Å². The maximum Gasteiger partial charge on any atom is 0.245 e. The van der Waals surface area contributed by atoms with E-state index in [-0.39, 0.29) is 5.91 Å². The minimum absolute atomic E-state index is 0.286. The quantitative estimate of drug-likeness (QED) is 0.837. The lowest BCUT2D eigenvalue weighted by atomic mass is 9.97. The van der Waals surface area contributed by atoms with E-state index < -0.39 is 6.61 Å². The minimum Gasteiger partial charge on any atom is -0.387 e. The van der Waals surface area contributed by atoms with E-state index in [2.05, 4.69) is 41.1 Å². The van der Waals surface area contributed by atoms with Crippen LogP contribution in [-0.4, -0.2) is 42.2 Å². The molecule has 1 amide bonds. The Morgan fingerprint density at radius 1 is 1.52 bits per heavy atom. The van der Waals surface area contributed by atoms with Crippen LogP contribution < -0.4 is 5.32 Å². The number of carbonyl (C=O) groups excluding carboxylic acids is 1. The first-order valence-electron chi connectivity index (χ1n) is 7.52. The third-order valence-electron chi connectivity index (χ3n) is 3.93. The van der Waals surface area contributed by atoms with Gasteiger partial charge in [0.2, 0.25) is 5.91 Å². The number of amides is 1. The van der Waals surface area contributed by atoms with E-state index in [9.17, 15) is 4.79 Å². The first-order valence-corrected chi connectivity index (χ1v) is 7.52. The van der Waals surface area contributed by atoms with Gasteiger partial charge in [-0.15, -0.1) is 0 Å². The van der Waals surface area contributed by atoms with Gasteiger partial charge in [0.05, 0.1) is 0 Å². The Kier molecular flexibility index (Phi) is 5.96. The fourth-order valence-corrected chi connectivity index (χ4v) is 2.85. The highest BCUT2D eigenvalue weighted by atomic mass is 16.3. The summed E-state index contributed by atoms with van der Waals surface area (Å²) >= 11 is 0. The summed E-state index contributed by atoms with van der Waals surface area (Å²) in [5.74, 6) is 0.183. The summed E-state index contributed by atoms with van der Waals surface area (Å²) < 4.78 is 0. The molecule has 0 saturated carbocycles. The highest BCUT2D eigenvalue weighted by Crippen LogP contribution is 2.18. The van der Waals surface area contributed by atoms with Crippen molar-refractivity contribution in [3.05, 3.63) is 42.0 Å². The van der Waals surface area contributed by atoms with Crippen LogP contribution in [0, 0.1) is 5.92 Å². The Bertz CT molecular complexity index is 487. The van der Waals surface area contributed by atoms with Crippen LogP contribution in [0.3, 0.4) is 0 Å². The zero-order chi connectivity index (χ0) is 15.1. The van der Waals surface area contributed by atoms with Crippen LogP contribution in [-0.2, 0) is 11.3 Å². The van der Waals surface area contributed by atoms with Crippen LogP contribution in [0.25, 0.3) is 6.08 Å². The van der Waals surface area contributed by atoms with Crippen LogP contribution in [0.5, 0.6) is 0 Å². The monoisotopic (exact) mass is 288 g/mol. The Balaban J connectivity index is 1.85. The second kappa shape index (κ2) is 7.96. The second-order valence-electron chi connectivity index (χ2n) is 5.65. The topological polar surface area (TPSA) is 52.6 Å². The Morgan fingerprint density at radius 3 is 3.14 bits per heavy atom. The number of nitrogens with zero attached hydrogens (tertiary/aromatic N) is 1. The molecule has 1 aromatic carbocycles. The molecule has 0 bridgehead atoms. The van der Waals surface area contributed by atoms with E-state index in [4.69, 9.17) is 5.11 Å². The van der Waals surface area contributed by atoms with Crippen molar-refractivity contribution < 1.29 is 9.90 Å². The van der Waals surface area contributed by atoms with E-state index in [0.29, 0.717) is 12.5 Å². The SMILES string of the molecule is C=Cc1cccc(CN2CCC[C@@H](CNC(=O)CO)C2)c1. The summed E-state index contributed by atoms with van der Waals surface area (Å²) in [6.45, 7) is 7.06. The van der Waals surface area contributed by atoms with Crippen molar-refractivity contribution >= 4 is 12.0 Å². The molecule has 0 aliphatic carbocycles. The number of likely N-dealkylation sites (tertiary alicyclic amines) is 1. The zero-order valence-corrected chi connectivity index (χ0v) is 12.4. The highest BCUT2D eigenvalue weighted by molar-refractivity contribution is 5.76. The molecule has 1 aliphatic rings. The summed E-state index contributed by atoms with van der Waals surface area (Å²) in [5, 5.41) is 11.5. The van der Waals surface area contributed by atoms with E-state index in [1.54, 1.807) is 0 Å². The van der Waals surface area contributed by atoms with Crippen molar-refractivity contribution in [3.8, 4) is 0 Å². The molecule has 1 saturated heterocycles. The van der Waals surface area contributed by atoms with Crippen molar-refractivity contribution in [1.29, 1.82) is 0 Å². The number of hydrogen-bond acceptors (Lipinski definition) is 3. The number of carbonyl (C=O) groups is 1. The third kappa shape index (κ3) is 4.99. The van der Waals surface area contributed by atoms with Crippen LogP contribution in [0.1, 0.15) is 24.0 Å². The molecular formula is C17H24N2O2. The summed E-state index contributed by atoms with van der Waals surface area (Å²) in [6, 6.07) is 8.43. The molecule has 1 aliphatic heterocycles. The maximum atomic E-state index is 11.1. The molecule has 114 valence electrons. The number of aliphatic hydroxyl groups is 1. The van der Waals surface area contributed by atoms with Crippen molar-refractivity contribution in [1.82, 2.24) is 10.2 Å². The van der Waals surface area contributed by atoms with Gasteiger partial charge in [0.1, 0.15) is 6.61 Å². The van der Waals surface area contributed by atoms with Crippen molar-refractivity contribution in [2.24, 2.45) is 5.92 Å². The predicted octanol–water partition coefficient (Wildman–Crippen LogP) is 1.65. The number of benzene rings is 1. The van der Waals surface area contributed by atoms with Gasteiger partial charge in [-0.05, 0) is 36.4 Å². The van der Waals surface area contributed by atoms with Crippen LogP contribution in [0.2, 0.25) is 0 Å². The molecule has 2 N–H and O–H groups in total. The Labute approximate surface area is 126 Å². The fraction of sp³-hybridized carbons (Fsp3) is 0.471. The van der Waals surface area contributed by atoms with E-state index >= 15 is 0 Å². The predicted molar refractivity (Wildman–Crippen MR) is 84.6 cm³/mol. The normalized spacial score (nSPS) is 19.2. The molecule has 4 heteroatoms. The van der Waals surface area contributed by atoms with Gasteiger partial charge in [0.15, 0.2) is 0 Å². The molecule has 0 unspecified atom stereocenters. The summed E-state index contributed by atoms with van der Waals surface area (Å²) in [4.78, 5) is 13.5. The molecule has 21 heavy (non-hydrogen) atoms. The standard InChI is InChI=1S/C17H24N2O2/c1-2-14-5-3-6-15(9-14)11-19-8-4-7-16(12-19)10-18-17(21)13-20/h2-3,5-6,9,16,20H,1,4,7-8,10-13H2,(H,18,21)/t16-/m0/s1. The summed E-state index contributed by atoms with van der Waals surface area (Å²) in [6.07, 6.45) is 4.16. The number of nitrogens with one attached hydrogen (secondary N) is 1. The third-order valence-corrected chi connectivity index (χ3v) is 3.93. The molecule has 4 nitrogen and oxygen atoms in total. The molecular weight excluding hydrogens is 264 g/mol. The van der Waals surface area contributed by atoms with Gasteiger partial charge < -0.3 is 10.4 Å². The molecule has 1 atom stereocenters. The van der Waals surface area contributed by atoms with Crippen LogP contribution >= 0.6 is 0 Å². The van der Waals surface area contributed by atoms with Crippen LogP contribution in [0.4, 0.5) is 0 Å². The zero-order valence-electron chi connectivity index (χ0n) is 12.4. The lowest BCUT2D eigenvalue weighted by Crippen LogP contribution is -2.41. The van der Waals surface area contributed by atoms with Gasteiger partial charge in [0, 0.05) is 19.6 Å². The fourth-order valence-electron chi connectivity index (χ4n) is 2.85. The minimum atomic E-state index is -0.426. The largest absolute Gasteiger partial charge is 0.387 e. The Hall–Kier alpha value is -1.65. The van der Waals surface area contributed by atoms with Crippen molar-refractivity contribution in [2.75, 3.05) is 26.2 Å². The molecule has 1 fully saturated rings. The van der Waals surface area contributed by atoms with Gasteiger partial charge in [-0.25, -0.2) is 0 Å². The Morgan fingerprint density at radius 2 is 2.38 bits per heavy atom. The van der Waals surface area contributed by atoms with Gasteiger partial charge >= 0.3 is 0 Å². The lowest BCUT2D eigenvalue weighted by molar-refractivity contribution is -0.124. The van der Waals surface area contributed by atoms with Gasteiger partial charge in [-0.2, -0.15) is 0 Å². The molecule has 0 aromatic heterocycles. The molecule has 1 heterocycles. The number of aliphatic hydroxyl groups excluding tert-OH is 1. The number of hydrogen-bond donors (Lipinski definition) is 2. The maximum absolute atomic E-state index is 11.1. The molecule has 2 rings (SSSR count). The molecule has 1 aromatic rings. The molecule has 0 spiro atoms. The van der Waals surface area contributed by atoms with Gasteiger partial charge in [0.25, 0.3) is 0 Å². The van der Waals surface area contributed by atoms with Crippen molar-refractivity contribution in [3.63, 3.8) is 0 Å². The van der Waals surface area contributed by atoms with Crippen LogP contribution in [0.15, 0.2) is 30.8 Å². The lowest BCUT2D eigenvalue weighted by Gasteiger charge is -2.32. The number of piperidine rings is 1. The summed E-state index contributed by atoms with van der Waals surface area (Å²) in [5.41, 5.74) is 2.45. The smallest absolute Gasteiger partial charge is 0.245 e. The number of rotatable bonds is 6. The van der Waals surface area contributed by atoms with E-state index in [1.807, 2.05) is 6.08 Å². The van der Waals surface area contributed by atoms with Gasteiger partial charge in [-0.3, -0.25) is 9.69 Å². The summed E-state index contributed by atoms with van der Waals surface area (Å²) in [7, 11) is 0. The van der Waals surface area contributed by atoms with Crippen molar-refractivity contribution in [2.45, 2.75) is 19.4 Å². The highest BCUT2D eigenvalue weighted by Gasteiger charge is 2.20.